The van der Waals surface area contributed by atoms with Crippen LogP contribution in [0.1, 0.15) is 25.0 Å². The number of pyridine rings is 2. The normalized spacial score (nSPS) is 13.3. The van der Waals surface area contributed by atoms with Gasteiger partial charge in [0.15, 0.2) is 0 Å². The lowest BCUT2D eigenvalue weighted by Crippen LogP contribution is -2.31. The summed E-state index contributed by atoms with van der Waals surface area (Å²) in [7, 11) is 0. The van der Waals surface area contributed by atoms with Crippen molar-refractivity contribution in [2.75, 3.05) is 4.90 Å². The average molecular weight is 621 g/mol. The summed E-state index contributed by atoms with van der Waals surface area (Å²) >= 11 is 0. The molecule has 5 heteroatoms. The summed E-state index contributed by atoms with van der Waals surface area (Å²) in [6.07, 6.45) is 3.70. The molecule has 0 aliphatic carbocycles. The van der Waals surface area contributed by atoms with Gasteiger partial charge in [0.1, 0.15) is 17.3 Å². The van der Waals surface area contributed by atoms with Gasteiger partial charge in [0, 0.05) is 51.5 Å². The Hall–Kier alpha value is -6.20. The highest BCUT2D eigenvalue weighted by molar-refractivity contribution is 6.15. The number of rotatable bonds is 5. The third-order valence-electron chi connectivity index (χ3n) is 9.50. The summed E-state index contributed by atoms with van der Waals surface area (Å²) in [5, 5.41) is 2.42. The van der Waals surface area contributed by atoms with Crippen LogP contribution in [0.2, 0.25) is 0 Å². The van der Waals surface area contributed by atoms with Gasteiger partial charge >= 0.3 is 0 Å². The van der Waals surface area contributed by atoms with Gasteiger partial charge < -0.3 is 9.30 Å². The van der Waals surface area contributed by atoms with Gasteiger partial charge in [-0.25, -0.2) is 4.98 Å². The second kappa shape index (κ2) is 11.0. The molecule has 0 fully saturated rings. The molecule has 0 unspecified atom stereocenters. The topological polar surface area (TPSA) is 43.2 Å². The Morgan fingerprint density at radius 3 is 2.17 bits per heavy atom. The minimum atomic E-state index is -0.290. The summed E-state index contributed by atoms with van der Waals surface area (Å²) in [6.45, 7) is 4.61. The van der Waals surface area contributed by atoms with Crippen LogP contribution in [0.4, 0.5) is 17.2 Å². The largest absolute Gasteiger partial charge is 0.457 e. The quantitative estimate of drug-likeness (QED) is 0.192. The first-order valence-electron chi connectivity index (χ1n) is 16.2. The molecule has 9 rings (SSSR count). The van der Waals surface area contributed by atoms with Crippen molar-refractivity contribution >= 4 is 39.0 Å². The first-order chi connectivity index (χ1) is 23.6. The standard InChI is InChI=1S/C43H32N4O/c1-43(2)36-24-23-35-34-19-6-7-22-39(34)46(30-14-4-3-5-15-30)40(35)41(36)47(42-37(43)20-12-26-45-42)31-16-11-18-33(28-31)48-32-17-10-13-29(27-32)38-21-8-9-25-44-38/h3-28H,1-2H3. The van der Waals surface area contributed by atoms with Gasteiger partial charge in [0.2, 0.25) is 0 Å². The van der Waals surface area contributed by atoms with Crippen LogP contribution in [0.5, 0.6) is 11.5 Å². The third-order valence-corrected chi connectivity index (χ3v) is 9.50. The van der Waals surface area contributed by atoms with Gasteiger partial charge in [0.25, 0.3) is 0 Å². The number of ether oxygens (including phenoxy) is 1. The summed E-state index contributed by atoms with van der Waals surface area (Å²) in [5.41, 5.74) is 9.57. The fourth-order valence-corrected chi connectivity index (χ4v) is 7.26. The molecule has 1 aliphatic heterocycles. The molecule has 48 heavy (non-hydrogen) atoms. The minimum Gasteiger partial charge on any atom is -0.457 e. The monoisotopic (exact) mass is 620 g/mol. The molecule has 5 aromatic carbocycles. The van der Waals surface area contributed by atoms with Crippen molar-refractivity contribution in [2.24, 2.45) is 0 Å². The van der Waals surface area contributed by atoms with Gasteiger partial charge in [0.05, 0.1) is 28.1 Å². The second-order valence-corrected chi connectivity index (χ2v) is 12.7. The summed E-state index contributed by atoms with van der Waals surface area (Å²) in [5.74, 6) is 2.41. The van der Waals surface area contributed by atoms with Gasteiger partial charge in [-0.15, -0.1) is 0 Å². The van der Waals surface area contributed by atoms with Crippen LogP contribution in [-0.2, 0) is 5.41 Å². The maximum atomic E-state index is 6.54. The second-order valence-electron chi connectivity index (χ2n) is 12.7. The number of aromatic nitrogens is 3. The number of fused-ring (bicyclic) bond motifs is 6. The molecule has 8 aromatic rings. The Labute approximate surface area is 279 Å². The van der Waals surface area contributed by atoms with Crippen molar-refractivity contribution in [3.8, 4) is 28.4 Å². The van der Waals surface area contributed by atoms with E-state index in [1.807, 2.05) is 60.9 Å². The molecule has 230 valence electrons. The molecule has 0 radical (unpaired) electrons. The predicted octanol–water partition coefficient (Wildman–Crippen LogP) is 11.1. The SMILES string of the molecule is CC1(C)c2cccnc2N(c2cccc(Oc3cccc(-c4ccccn4)c3)c2)c2c1ccc1c3ccccc3n(-c3ccccc3)c21. The van der Waals surface area contributed by atoms with E-state index in [1.165, 1.54) is 27.4 Å². The molecule has 5 nitrogen and oxygen atoms in total. The van der Waals surface area contributed by atoms with Crippen molar-refractivity contribution < 1.29 is 4.74 Å². The van der Waals surface area contributed by atoms with E-state index in [0.29, 0.717) is 0 Å². The first kappa shape index (κ1) is 28.1. The fourth-order valence-electron chi connectivity index (χ4n) is 7.26. The molecule has 0 atom stereocenters. The maximum absolute atomic E-state index is 6.54. The average Bonchev–Trinajstić information content (AvgIpc) is 3.48. The first-order valence-corrected chi connectivity index (χ1v) is 16.2. The number of nitrogens with zero attached hydrogens (tertiary/aromatic N) is 4. The molecule has 0 bridgehead atoms. The van der Waals surface area contributed by atoms with Gasteiger partial charge in [-0.2, -0.15) is 0 Å². The summed E-state index contributed by atoms with van der Waals surface area (Å²) in [6, 6.07) is 50.5. The lowest BCUT2D eigenvalue weighted by atomic mass is 9.74. The zero-order chi connectivity index (χ0) is 32.2. The number of para-hydroxylation sites is 2. The van der Waals surface area contributed by atoms with Gasteiger partial charge in [-0.05, 0) is 66.2 Å². The molecule has 0 N–H and O–H groups in total. The lowest BCUT2D eigenvalue weighted by Gasteiger charge is -2.41. The van der Waals surface area contributed by atoms with Crippen molar-refractivity contribution in [1.82, 2.24) is 14.5 Å². The summed E-state index contributed by atoms with van der Waals surface area (Å²) in [4.78, 5) is 11.9. The number of anilines is 3. The molecule has 3 aromatic heterocycles. The van der Waals surface area contributed by atoms with Crippen LogP contribution in [0.25, 0.3) is 38.8 Å². The smallest absolute Gasteiger partial charge is 0.141 e. The molecule has 0 saturated carbocycles. The highest BCUT2D eigenvalue weighted by Gasteiger charge is 2.40. The van der Waals surface area contributed by atoms with Crippen LogP contribution in [0.15, 0.2) is 158 Å². The lowest BCUT2D eigenvalue weighted by molar-refractivity contribution is 0.483. The van der Waals surface area contributed by atoms with E-state index in [9.17, 15) is 0 Å². The van der Waals surface area contributed by atoms with E-state index < -0.39 is 0 Å². The third kappa shape index (κ3) is 4.39. The molecule has 4 heterocycles. The van der Waals surface area contributed by atoms with E-state index in [1.54, 1.807) is 0 Å². The van der Waals surface area contributed by atoms with E-state index in [2.05, 4.69) is 125 Å². The van der Waals surface area contributed by atoms with Gasteiger partial charge in [-0.3, -0.25) is 9.88 Å². The highest BCUT2D eigenvalue weighted by Crippen LogP contribution is 2.55. The zero-order valence-corrected chi connectivity index (χ0v) is 26.7. The predicted molar refractivity (Wildman–Crippen MR) is 195 cm³/mol. The Kier molecular flexibility index (Phi) is 6.40. The Bertz CT molecular complexity index is 2470. The Balaban J connectivity index is 1.27. The number of hydrogen-bond donors (Lipinski definition) is 0. The van der Waals surface area contributed by atoms with Crippen LogP contribution < -0.4 is 9.64 Å². The molecular formula is C43H32N4O. The van der Waals surface area contributed by atoms with Crippen molar-refractivity contribution in [3.05, 3.63) is 169 Å². The van der Waals surface area contributed by atoms with Crippen LogP contribution in [-0.4, -0.2) is 14.5 Å². The molecule has 0 amide bonds. The van der Waals surface area contributed by atoms with E-state index >= 15 is 0 Å². The van der Waals surface area contributed by atoms with Crippen LogP contribution in [0.3, 0.4) is 0 Å². The Morgan fingerprint density at radius 1 is 0.562 bits per heavy atom. The zero-order valence-electron chi connectivity index (χ0n) is 26.7. The fraction of sp³-hybridized carbons (Fsp3) is 0.0698. The van der Waals surface area contributed by atoms with Crippen molar-refractivity contribution in [3.63, 3.8) is 0 Å². The van der Waals surface area contributed by atoms with E-state index in [-0.39, 0.29) is 5.41 Å². The van der Waals surface area contributed by atoms with E-state index in [0.717, 1.165) is 51.2 Å². The number of hydrogen-bond acceptors (Lipinski definition) is 4. The Morgan fingerprint density at radius 2 is 1.31 bits per heavy atom. The maximum Gasteiger partial charge on any atom is 0.141 e. The molecule has 0 saturated heterocycles. The molecule has 0 spiro atoms. The number of benzene rings is 5. The minimum absolute atomic E-state index is 0.290. The van der Waals surface area contributed by atoms with Gasteiger partial charge in [-0.1, -0.05) is 92.7 Å². The van der Waals surface area contributed by atoms with Crippen molar-refractivity contribution in [2.45, 2.75) is 19.3 Å². The van der Waals surface area contributed by atoms with Crippen LogP contribution >= 0.6 is 0 Å². The molecular weight excluding hydrogens is 589 g/mol. The summed E-state index contributed by atoms with van der Waals surface area (Å²) < 4.78 is 8.94. The van der Waals surface area contributed by atoms with E-state index in [4.69, 9.17) is 9.72 Å². The highest BCUT2D eigenvalue weighted by atomic mass is 16.5. The van der Waals surface area contributed by atoms with Crippen LogP contribution in [0, 0.1) is 0 Å². The molecule has 1 aliphatic rings. The van der Waals surface area contributed by atoms with Crippen molar-refractivity contribution in [1.29, 1.82) is 0 Å².